The number of benzene rings is 2. The number of anilines is 1. The van der Waals surface area contributed by atoms with Gasteiger partial charge in [0, 0.05) is 17.3 Å². The third-order valence-electron chi connectivity index (χ3n) is 4.30. The Balaban J connectivity index is 1.33. The van der Waals surface area contributed by atoms with Crippen molar-refractivity contribution in [1.29, 1.82) is 0 Å². The molecule has 0 fully saturated rings. The monoisotopic (exact) mass is 443 g/mol. The number of amides is 1. The van der Waals surface area contributed by atoms with Gasteiger partial charge >= 0.3 is 0 Å². The van der Waals surface area contributed by atoms with Crippen molar-refractivity contribution in [3.05, 3.63) is 101 Å². The average molecular weight is 444 g/mol. The zero-order chi connectivity index (χ0) is 21.8. The van der Waals surface area contributed by atoms with Gasteiger partial charge in [-0.15, -0.1) is 0 Å². The Morgan fingerprint density at radius 1 is 1.13 bits per heavy atom. The summed E-state index contributed by atoms with van der Waals surface area (Å²) in [6, 6.07) is 13.4. The van der Waals surface area contributed by atoms with Crippen molar-refractivity contribution in [2.45, 2.75) is 13.2 Å². The number of rotatable bonds is 7. The Bertz CT molecular complexity index is 1200. The zero-order valence-electron chi connectivity index (χ0n) is 16.0. The Labute approximate surface area is 181 Å². The van der Waals surface area contributed by atoms with E-state index in [-0.39, 0.29) is 18.1 Å². The molecule has 2 heterocycles. The van der Waals surface area contributed by atoms with Gasteiger partial charge in [-0.3, -0.25) is 9.48 Å². The molecule has 0 saturated carbocycles. The third-order valence-corrected chi connectivity index (χ3v) is 4.55. The van der Waals surface area contributed by atoms with E-state index in [9.17, 15) is 13.6 Å². The number of ether oxygens (including phenoxy) is 1. The van der Waals surface area contributed by atoms with E-state index < -0.39 is 17.5 Å². The van der Waals surface area contributed by atoms with E-state index in [2.05, 4.69) is 10.4 Å². The van der Waals surface area contributed by atoms with Crippen molar-refractivity contribution in [2.75, 3.05) is 5.32 Å². The highest BCUT2D eigenvalue weighted by atomic mass is 35.5. The normalized spacial score (nSPS) is 10.8. The van der Waals surface area contributed by atoms with Gasteiger partial charge in [-0.2, -0.15) is 5.10 Å². The van der Waals surface area contributed by atoms with Crippen LogP contribution in [0, 0.1) is 11.6 Å². The second-order valence-corrected chi connectivity index (χ2v) is 7.07. The summed E-state index contributed by atoms with van der Waals surface area (Å²) in [4.78, 5) is 12.4. The molecule has 0 aliphatic carbocycles. The fourth-order valence-electron chi connectivity index (χ4n) is 2.80. The molecule has 9 heteroatoms. The Morgan fingerprint density at radius 2 is 1.94 bits per heavy atom. The number of carbonyl (C=O) groups is 1. The molecule has 4 aromatic rings. The maximum atomic E-state index is 13.6. The topological polar surface area (TPSA) is 69.3 Å². The molecule has 0 saturated heterocycles. The van der Waals surface area contributed by atoms with E-state index in [1.165, 1.54) is 18.3 Å². The lowest BCUT2D eigenvalue weighted by molar-refractivity contribution is 0.0992. The number of carbonyl (C=O) groups excluding carboxylic acids is 1. The van der Waals surface area contributed by atoms with Crippen LogP contribution in [-0.2, 0) is 13.2 Å². The number of hydrogen-bond acceptors (Lipinski definition) is 4. The molecule has 0 atom stereocenters. The van der Waals surface area contributed by atoms with Crippen LogP contribution >= 0.6 is 11.6 Å². The first-order chi connectivity index (χ1) is 15.0. The molecule has 0 aliphatic rings. The van der Waals surface area contributed by atoms with Crippen LogP contribution in [0.4, 0.5) is 14.5 Å². The minimum absolute atomic E-state index is 0.0589. The van der Waals surface area contributed by atoms with Gasteiger partial charge in [0.15, 0.2) is 17.3 Å². The first-order valence-corrected chi connectivity index (χ1v) is 9.59. The minimum Gasteiger partial charge on any atom is -0.483 e. The highest BCUT2D eigenvalue weighted by Gasteiger charge is 2.14. The number of nitrogens with one attached hydrogen (secondary N) is 1. The first-order valence-electron chi connectivity index (χ1n) is 9.21. The molecular weight excluding hydrogens is 428 g/mol. The standard InChI is InChI=1S/C22H16ClF2N3O3/c23-15-3-1-14(2-4-15)11-28-12-17(10-26-28)27-22(29)21-8-6-18(31-21)13-30-20-7-5-16(24)9-19(20)25/h1-10,12H,11,13H2,(H,27,29). The molecular formula is C22H16ClF2N3O3. The maximum absolute atomic E-state index is 13.6. The lowest BCUT2D eigenvalue weighted by Gasteiger charge is -2.05. The number of hydrogen-bond donors (Lipinski definition) is 1. The van der Waals surface area contributed by atoms with Crippen LogP contribution in [0.15, 0.2) is 71.4 Å². The summed E-state index contributed by atoms with van der Waals surface area (Å²) in [6.07, 6.45) is 3.22. The van der Waals surface area contributed by atoms with Crippen LogP contribution in [0.3, 0.4) is 0 Å². The predicted octanol–water partition coefficient (Wildman–Crippen LogP) is 5.29. The zero-order valence-corrected chi connectivity index (χ0v) is 16.8. The Morgan fingerprint density at radius 3 is 2.71 bits per heavy atom. The molecule has 0 radical (unpaired) electrons. The van der Waals surface area contributed by atoms with Crippen LogP contribution in [0.1, 0.15) is 21.9 Å². The van der Waals surface area contributed by atoms with E-state index in [0.29, 0.717) is 23.0 Å². The van der Waals surface area contributed by atoms with E-state index >= 15 is 0 Å². The van der Waals surface area contributed by atoms with Gasteiger partial charge < -0.3 is 14.5 Å². The summed E-state index contributed by atoms with van der Waals surface area (Å²) in [6.45, 7) is 0.407. The van der Waals surface area contributed by atoms with Crippen molar-refractivity contribution in [1.82, 2.24) is 9.78 Å². The van der Waals surface area contributed by atoms with Gasteiger partial charge in [-0.05, 0) is 42.0 Å². The van der Waals surface area contributed by atoms with Crippen molar-refractivity contribution >= 4 is 23.2 Å². The van der Waals surface area contributed by atoms with Gasteiger partial charge in [-0.25, -0.2) is 8.78 Å². The molecule has 0 aliphatic heterocycles. The van der Waals surface area contributed by atoms with Crippen LogP contribution in [0.25, 0.3) is 0 Å². The third kappa shape index (κ3) is 5.29. The van der Waals surface area contributed by atoms with Crippen molar-refractivity contribution in [3.63, 3.8) is 0 Å². The Kier molecular flexibility index (Phi) is 5.99. The highest BCUT2D eigenvalue weighted by Crippen LogP contribution is 2.20. The lowest BCUT2D eigenvalue weighted by atomic mass is 10.2. The molecule has 0 unspecified atom stereocenters. The minimum atomic E-state index is -0.819. The van der Waals surface area contributed by atoms with Crippen molar-refractivity contribution in [3.8, 4) is 5.75 Å². The number of nitrogens with zero attached hydrogens (tertiary/aromatic N) is 2. The fraction of sp³-hybridized carbons (Fsp3) is 0.0909. The molecule has 1 N–H and O–H groups in total. The summed E-state index contributed by atoms with van der Waals surface area (Å²) in [5.74, 6) is -1.73. The smallest absolute Gasteiger partial charge is 0.291 e. The molecule has 0 spiro atoms. The van der Waals surface area contributed by atoms with Gasteiger partial charge in [0.05, 0.1) is 18.4 Å². The molecule has 6 nitrogen and oxygen atoms in total. The van der Waals surface area contributed by atoms with Crippen LogP contribution in [-0.4, -0.2) is 15.7 Å². The van der Waals surface area contributed by atoms with E-state index in [1.807, 2.05) is 12.1 Å². The Hall–Kier alpha value is -3.65. The predicted molar refractivity (Wildman–Crippen MR) is 110 cm³/mol. The molecule has 0 bridgehead atoms. The van der Waals surface area contributed by atoms with Crippen LogP contribution in [0.2, 0.25) is 5.02 Å². The van der Waals surface area contributed by atoms with E-state index in [4.69, 9.17) is 20.8 Å². The summed E-state index contributed by atoms with van der Waals surface area (Å²) >= 11 is 5.88. The summed E-state index contributed by atoms with van der Waals surface area (Å²) in [7, 11) is 0. The van der Waals surface area contributed by atoms with Gasteiger partial charge in [0.1, 0.15) is 18.2 Å². The first kappa shape index (κ1) is 20.6. The molecule has 2 aromatic heterocycles. The number of aromatic nitrogens is 2. The quantitative estimate of drug-likeness (QED) is 0.421. The number of halogens is 3. The molecule has 2 aromatic carbocycles. The largest absolute Gasteiger partial charge is 0.483 e. The van der Waals surface area contributed by atoms with Crippen LogP contribution in [0.5, 0.6) is 5.75 Å². The molecule has 4 rings (SSSR count). The summed E-state index contributed by atoms with van der Waals surface area (Å²) in [5.41, 5.74) is 1.51. The van der Waals surface area contributed by atoms with E-state index in [1.54, 1.807) is 29.1 Å². The van der Waals surface area contributed by atoms with Crippen LogP contribution < -0.4 is 10.1 Å². The fourth-order valence-corrected chi connectivity index (χ4v) is 2.93. The molecule has 1 amide bonds. The van der Waals surface area contributed by atoms with Crippen molar-refractivity contribution in [2.24, 2.45) is 0 Å². The van der Waals surface area contributed by atoms with E-state index in [0.717, 1.165) is 17.7 Å². The summed E-state index contributed by atoms with van der Waals surface area (Å²) in [5, 5.41) is 7.57. The second-order valence-electron chi connectivity index (χ2n) is 6.64. The van der Waals surface area contributed by atoms with Gasteiger partial charge in [-0.1, -0.05) is 23.7 Å². The highest BCUT2D eigenvalue weighted by molar-refractivity contribution is 6.30. The van der Waals surface area contributed by atoms with Gasteiger partial charge in [0.2, 0.25) is 0 Å². The summed E-state index contributed by atoms with van der Waals surface area (Å²) < 4.78 is 38.9. The SMILES string of the molecule is O=C(Nc1cnn(Cc2ccc(Cl)cc2)c1)c1ccc(COc2ccc(F)cc2F)o1. The van der Waals surface area contributed by atoms with Crippen molar-refractivity contribution < 1.29 is 22.7 Å². The van der Waals surface area contributed by atoms with Gasteiger partial charge in [0.25, 0.3) is 5.91 Å². The maximum Gasteiger partial charge on any atom is 0.291 e. The molecule has 31 heavy (non-hydrogen) atoms. The lowest BCUT2D eigenvalue weighted by Crippen LogP contribution is -2.10. The second kappa shape index (κ2) is 9.01. The number of furan rings is 1. The average Bonchev–Trinajstić information content (AvgIpc) is 3.39. The molecule has 158 valence electrons.